The summed E-state index contributed by atoms with van der Waals surface area (Å²) in [7, 11) is 0. The molecule has 1 nitrogen and oxygen atoms in total. The van der Waals surface area contributed by atoms with Crippen LogP contribution in [0.4, 0.5) is 13.2 Å². The van der Waals surface area contributed by atoms with Crippen LogP contribution in [0.2, 0.25) is 0 Å². The van der Waals surface area contributed by atoms with Crippen LogP contribution in [0.5, 0.6) is 0 Å². The fraction of sp³-hybridized carbons (Fsp3) is 0.647. The maximum Gasteiger partial charge on any atom is 0.407 e. The van der Waals surface area contributed by atoms with Crippen LogP contribution in [-0.4, -0.2) is 18.3 Å². The topological polar surface area (TPSA) is 12.0 Å². The lowest BCUT2D eigenvalue weighted by Gasteiger charge is -2.41. The summed E-state index contributed by atoms with van der Waals surface area (Å²) in [5.41, 5.74) is 0.524. The molecule has 2 unspecified atom stereocenters. The minimum Gasteiger partial charge on any atom is -0.303 e. The molecule has 21 heavy (non-hydrogen) atoms. The van der Waals surface area contributed by atoms with E-state index in [1.54, 1.807) is 0 Å². The molecule has 0 aromatic heterocycles. The average molecular weight is 297 g/mol. The predicted molar refractivity (Wildman–Crippen MR) is 77.1 cm³/mol. The van der Waals surface area contributed by atoms with Crippen molar-refractivity contribution in [1.29, 1.82) is 0 Å². The Morgan fingerprint density at radius 3 is 2.05 bits per heavy atom. The molecular weight excluding hydrogens is 275 g/mol. The Hall–Kier alpha value is -1.03. The van der Waals surface area contributed by atoms with Crippen molar-refractivity contribution < 1.29 is 13.2 Å². The zero-order chi connectivity index (χ0) is 15.1. The van der Waals surface area contributed by atoms with Crippen LogP contribution in [0.25, 0.3) is 0 Å². The minimum absolute atomic E-state index is 0.335. The van der Waals surface area contributed by atoms with Crippen LogP contribution in [0.3, 0.4) is 0 Å². The van der Waals surface area contributed by atoms with E-state index in [1.807, 2.05) is 31.2 Å². The first-order valence-corrected chi connectivity index (χ1v) is 7.87. The summed E-state index contributed by atoms with van der Waals surface area (Å²) in [6, 6.07) is 7.87. The Labute approximate surface area is 123 Å². The smallest absolute Gasteiger partial charge is 0.303 e. The van der Waals surface area contributed by atoms with Gasteiger partial charge in [-0.15, -0.1) is 0 Å². The first kappa shape index (κ1) is 14.9. The van der Waals surface area contributed by atoms with Gasteiger partial charge in [0, 0.05) is 0 Å². The largest absolute Gasteiger partial charge is 0.407 e. The van der Waals surface area contributed by atoms with Gasteiger partial charge in [0.15, 0.2) is 0 Å². The van der Waals surface area contributed by atoms with Gasteiger partial charge in [0.25, 0.3) is 0 Å². The second kappa shape index (κ2) is 5.31. The molecule has 2 atom stereocenters. The molecular formula is C17H22F3N. The van der Waals surface area contributed by atoms with Crippen molar-refractivity contribution in [2.45, 2.75) is 50.7 Å². The molecule has 0 heterocycles. The van der Waals surface area contributed by atoms with Crippen LogP contribution >= 0.6 is 0 Å². The van der Waals surface area contributed by atoms with Crippen LogP contribution in [0.15, 0.2) is 24.3 Å². The molecule has 4 heteroatoms. The lowest BCUT2D eigenvalue weighted by Crippen LogP contribution is -2.63. The van der Waals surface area contributed by atoms with Crippen molar-refractivity contribution in [3.8, 4) is 0 Å². The van der Waals surface area contributed by atoms with Gasteiger partial charge in [0.05, 0.1) is 0 Å². The summed E-state index contributed by atoms with van der Waals surface area (Å²) < 4.78 is 42.0. The summed E-state index contributed by atoms with van der Waals surface area (Å²) in [5, 5.41) is 2.94. The predicted octanol–water partition coefficient (Wildman–Crippen LogP) is 4.11. The zero-order valence-electron chi connectivity index (χ0n) is 12.3. The first-order chi connectivity index (χ1) is 9.99. The van der Waals surface area contributed by atoms with E-state index < -0.39 is 11.7 Å². The Kier molecular flexibility index (Phi) is 3.76. The van der Waals surface area contributed by atoms with E-state index in [-0.39, 0.29) is 11.8 Å². The number of benzene rings is 1. The molecule has 0 aliphatic heterocycles. The Morgan fingerprint density at radius 1 is 1.10 bits per heavy atom. The molecule has 0 amide bonds. The lowest BCUT2D eigenvalue weighted by molar-refractivity contribution is -0.219. The zero-order valence-corrected chi connectivity index (χ0v) is 12.3. The van der Waals surface area contributed by atoms with Crippen molar-refractivity contribution in [2.75, 3.05) is 6.54 Å². The van der Waals surface area contributed by atoms with E-state index in [0.717, 1.165) is 17.5 Å². The minimum atomic E-state index is -4.18. The van der Waals surface area contributed by atoms with E-state index in [2.05, 4.69) is 5.32 Å². The molecule has 116 valence electrons. The highest BCUT2D eigenvalue weighted by Gasteiger charge is 2.65. The van der Waals surface area contributed by atoms with Crippen molar-refractivity contribution in [1.82, 2.24) is 5.32 Å². The van der Waals surface area contributed by atoms with Crippen LogP contribution in [-0.2, 0) is 12.8 Å². The number of halogens is 3. The first-order valence-electron chi connectivity index (χ1n) is 7.87. The third-order valence-corrected chi connectivity index (χ3v) is 5.34. The standard InChI is InChI=1S/C17H22F3N/c1-2-9-21-16(17(18,19)20)14-7-8-15(16)11-13-6-4-3-5-12(13)10-14/h3-6,14-15,21H,2,7-11H2,1H3. The maximum absolute atomic E-state index is 14.0. The molecule has 0 spiro atoms. The number of fused-ring (bicyclic) bond motifs is 3. The molecule has 2 aliphatic carbocycles. The number of rotatable bonds is 3. The van der Waals surface area contributed by atoms with E-state index in [4.69, 9.17) is 0 Å². The summed E-state index contributed by atoms with van der Waals surface area (Å²) in [4.78, 5) is 0. The average Bonchev–Trinajstić information content (AvgIpc) is 2.68. The molecule has 2 aliphatic rings. The quantitative estimate of drug-likeness (QED) is 0.885. The highest BCUT2D eigenvalue weighted by atomic mass is 19.4. The molecule has 1 fully saturated rings. The van der Waals surface area contributed by atoms with Gasteiger partial charge in [0.1, 0.15) is 5.54 Å². The van der Waals surface area contributed by atoms with Crippen molar-refractivity contribution in [3.05, 3.63) is 35.4 Å². The second-order valence-electron chi connectivity index (χ2n) is 6.44. The van der Waals surface area contributed by atoms with Gasteiger partial charge in [-0.3, -0.25) is 0 Å². The van der Waals surface area contributed by atoms with Gasteiger partial charge in [-0.1, -0.05) is 31.2 Å². The highest BCUT2D eigenvalue weighted by Crippen LogP contribution is 2.54. The summed E-state index contributed by atoms with van der Waals surface area (Å²) in [6.45, 7) is 2.35. The molecule has 1 saturated carbocycles. The molecule has 0 radical (unpaired) electrons. The number of nitrogens with one attached hydrogen (secondary N) is 1. The summed E-state index contributed by atoms with van der Waals surface area (Å²) in [6.07, 6.45) is -1.02. The molecule has 1 N–H and O–H groups in total. The third-order valence-electron chi connectivity index (χ3n) is 5.34. The van der Waals surface area contributed by atoms with Crippen LogP contribution < -0.4 is 5.32 Å². The van der Waals surface area contributed by atoms with Gasteiger partial charge < -0.3 is 5.32 Å². The van der Waals surface area contributed by atoms with E-state index >= 15 is 0 Å². The number of hydrogen-bond acceptors (Lipinski definition) is 1. The fourth-order valence-corrected chi connectivity index (χ4v) is 4.39. The van der Waals surface area contributed by atoms with Gasteiger partial charge in [-0.25, -0.2) is 0 Å². The van der Waals surface area contributed by atoms with Crippen molar-refractivity contribution in [3.63, 3.8) is 0 Å². The number of hydrogen-bond donors (Lipinski definition) is 1. The summed E-state index contributed by atoms with van der Waals surface area (Å²) >= 11 is 0. The van der Waals surface area contributed by atoms with Crippen LogP contribution in [0, 0.1) is 11.8 Å². The monoisotopic (exact) mass is 297 g/mol. The van der Waals surface area contributed by atoms with E-state index in [1.165, 1.54) is 0 Å². The van der Waals surface area contributed by atoms with Crippen LogP contribution in [0.1, 0.15) is 37.3 Å². The second-order valence-corrected chi connectivity index (χ2v) is 6.44. The Morgan fingerprint density at radius 2 is 1.62 bits per heavy atom. The Bertz CT molecular complexity index is 476. The molecule has 3 rings (SSSR count). The van der Waals surface area contributed by atoms with E-state index in [9.17, 15) is 13.2 Å². The van der Waals surface area contributed by atoms with Gasteiger partial charge in [0.2, 0.25) is 0 Å². The summed E-state index contributed by atoms with van der Waals surface area (Å²) in [5.74, 6) is -0.671. The normalized spacial score (nSPS) is 31.8. The van der Waals surface area contributed by atoms with Gasteiger partial charge in [-0.2, -0.15) is 13.2 Å². The lowest BCUT2D eigenvalue weighted by atomic mass is 9.78. The fourth-order valence-electron chi connectivity index (χ4n) is 4.39. The van der Waals surface area contributed by atoms with Gasteiger partial charge in [-0.05, 0) is 61.6 Å². The third kappa shape index (κ3) is 2.28. The van der Waals surface area contributed by atoms with Crippen molar-refractivity contribution in [2.24, 2.45) is 11.8 Å². The molecule has 1 aromatic carbocycles. The molecule has 1 aromatic rings. The SMILES string of the molecule is CCCNC1(C(F)(F)F)C2CCC1Cc1ccccc1C2. The maximum atomic E-state index is 14.0. The number of alkyl halides is 3. The van der Waals surface area contributed by atoms with Gasteiger partial charge >= 0.3 is 6.18 Å². The Balaban J connectivity index is 2.03. The van der Waals surface area contributed by atoms with E-state index in [0.29, 0.717) is 32.2 Å². The molecule has 0 saturated heterocycles. The van der Waals surface area contributed by atoms with Crippen molar-refractivity contribution >= 4 is 0 Å². The highest BCUT2D eigenvalue weighted by molar-refractivity contribution is 5.33. The molecule has 2 bridgehead atoms.